The first kappa shape index (κ1) is 23.8. The molecule has 7 nitrogen and oxygen atoms in total. The quantitative estimate of drug-likeness (QED) is 0.473. The summed E-state index contributed by atoms with van der Waals surface area (Å²) in [5.41, 5.74) is 2.28. The number of para-hydroxylation sites is 1. The highest BCUT2D eigenvalue weighted by atomic mass is 35.5. The van der Waals surface area contributed by atoms with Gasteiger partial charge in [-0.3, -0.25) is 9.59 Å². The summed E-state index contributed by atoms with van der Waals surface area (Å²) >= 11 is 5.95. The molecule has 0 unspecified atom stereocenters. The molecule has 2 amide bonds. The lowest BCUT2D eigenvalue weighted by Crippen LogP contribution is -2.30. The molecule has 8 heteroatoms. The van der Waals surface area contributed by atoms with E-state index in [-0.39, 0.29) is 11.5 Å². The number of halogens is 1. The lowest BCUT2D eigenvalue weighted by molar-refractivity contribution is -0.122. The topological polar surface area (TPSA) is 93.7 Å². The zero-order valence-corrected chi connectivity index (χ0v) is 19.1. The first-order valence-corrected chi connectivity index (χ1v) is 10.5. The van der Waals surface area contributed by atoms with Crippen LogP contribution < -0.4 is 15.4 Å². The van der Waals surface area contributed by atoms with E-state index in [1.807, 2.05) is 6.92 Å². The molecule has 0 saturated heterocycles. The maximum absolute atomic E-state index is 12.6. The summed E-state index contributed by atoms with van der Waals surface area (Å²) in [5, 5.41) is 6.05. The maximum Gasteiger partial charge on any atom is 0.339 e. The van der Waals surface area contributed by atoms with Crippen molar-refractivity contribution in [1.82, 2.24) is 0 Å². The Morgan fingerprint density at radius 2 is 1.64 bits per heavy atom. The van der Waals surface area contributed by atoms with Crippen molar-refractivity contribution >= 4 is 40.8 Å². The first-order valence-electron chi connectivity index (χ1n) is 10.1. The van der Waals surface area contributed by atoms with Crippen LogP contribution >= 0.6 is 11.6 Å². The Balaban J connectivity index is 1.62. The van der Waals surface area contributed by atoms with Gasteiger partial charge in [0.2, 0.25) is 0 Å². The SMILES string of the molecule is COC(=O)c1ccccc1NC(=O)c1ccc(NC(=O)[C@H](C)Oc2ccc(Cl)cc2C)cc1. The van der Waals surface area contributed by atoms with Crippen LogP contribution in [0.2, 0.25) is 5.02 Å². The van der Waals surface area contributed by atoms with Crippen LogP contribution in [-0.2, 0) is 9.53 Å². The Bertz CT molecular complexity index is 1180. The molecule has 0 aliphatic rings. The fourth-order valence-corrected chi connectivity index (χ4v) is 3.24. The van der Waals surface area contributed by atoms with Gasteiger partial charge in [-0.25, -0.2) is 4.79 Å². The van der Waals surface area contributed by atoms with Crippen molar-refractivity contribution in [2.24, 2.45) is 0 Å². The lowest BCUT2D eigenvalue weighted by Gasteiger charge is -2.16. The summed E-state index contributed by atoms with van der Waals surface area (Å²) in [4.78, 5) is 37.0. The highest BCUT2D eigenvalue weighted by molar-refractivity contribution is 6.30. The number of nitrogens with one attached hydrogen (secondary N) is 2. The normalized spacial score (nSPS) is 11.3. The molecule has 1 atom stereocenters. The maximum atomic E-state index is 12.6. The third-order valence-corrected chi connectivity index (χ3v) is 5.04. The van der Waals surface area contributed by atoms with Crippen molar-refractivity contribution in [2.45, 2.75) is 20.0 Å². The number of carbonyl (C=O) groups excluding carboxylic acids is 3. The molecule has 0 bridgehead atoms. The number of amides is 2. The number of esters is 1. The number of rotatable bonds is 7. The van der Waals surface area contributed by atoms with Gasteiger partial charge in [0.25, 0.3) is 11.8 Å². The Labute approximate surface area is 196 Å². The molecule has 2 N–H and O–H groups in total. The van der Waals surface area contributed by atoms with E-state index in [2.05, 4.69) is 10.6 Å². The van der Waals surface area contributed by atoms with Crippen molar-refractivity contribution in [3.05, 3.63) is 88.4 Å². The molecule has 0 heterocycles. The highest BCUT2D eigenvalue weighted by Crippen LogP contribution is 2.23. The van der Waals surface area contributed by atoms with E-state index in [4.69, 9.17) is 21.1 Å². The summed E-state index contributed by atoms with van der Waals surface area (Å²) in [6.45, 7) is 3.49. The predicted octanol–water partition coefficient (Wildman–Crippen LogP) is 5.09. The molecular weight excluding hydrogens is 444 g/mol. The van der Waals surface area contributed by atoms with Gasteiger partial charge in [-0.05, 0) is 74.0 Å². The minimum atomic E-state index is -0.748. The van der Waals surface area contributed by atoms with E-state index in [0.29, 0.717) is 27.7 Å². The van der Waals surface area contributed by atoms with Gasteiger partial charge < -0.3 is 20.1 Å². The third kappa shape index (κ3) is 6.11. The Morgan fingerprint density at radius 1 is 0.939 bits per heavy atom. The van der Waals surface area contributed by atoms with Gasteiger partial charge >= 0.3 is 5.97 Å². The molecule has 0 saturated carbocycles. The van der Waals surface area contributed by atoms with Gasteiger partial charge in [0.05, 0.1) is 18.4 Å². The minimum Gasteiger partial charge on any atom is -0.481 e. The second-order valence-corrected chi connectivity index (χ2v) is 7.66. The minimum absolute atomic E-state index is 0.252. The van der Waals surface area contributed by atoms with Crippen LogP contribution in [0, 0.1) is 6.92 Å². The van der Waals surface area contributed by atoms with Gasteiger partial charge in [0, 0.05) is 16.3 Å². The van der Waals surface area contributed by atoms with Gasteiger partial charge in [0.15, 0.2) is 6.10 Å². The molecule has 3 aromatic rings. The molecule has 33 heavy (non-hydrogen) atoms. The summed E-state index contributed by atoms with van der Waals surface area (Å²) in [7, 11) is 1.27. The largest absolute Gasteiger partial charge is 0.481 e. The van der Waals surface area contributed by atoms with E-state index in [1.54, 1.807) is 73.7 Å². The second-order valence-electron chi connectivity index (χ2n) is 7.23. The van der Waals surface area contributed by atoms with Crippen molar-refractivity contribution in [2.75, 3.05) is 17.7 Å². The van der Waals surface area contributed by atoms with E-state index in [1.165, 1.54) is 7.11 Å². The Morgan fingerprint density at radius 3 is 2.30 bits per heavy atom. The van der Waals surface area contributed by atoms with Crippen LogP contribution in [0.3, 0.4) is 0 Å². The monoisotopic (exact) mass is 466 g/mol. The fraction of sp³-hybridized carbons (Fsp3) is 0.160. The Kier molecular flexibility index (Phi) is 7.69. The molecule has 0 radical (unpaired) electrons. The van der Waals surface area contributed by atoms with E-state index in [9.17, 15) is 14.4 Å². The number of aryl methyl sites for hydroxylation is 1. The second kappa shape index (κ2) is 10.7. The average molecular weight is 467 g/mol. The zero-order chi connectivity index (χ0) is 24.0. The number of hydrogen-bond donors (Lipinski definition) is 2. The highest BCUT2D eigenvalue weighted by Gasteiger charge is 2.17. The number of carbonyl (C=O) groups is 3. The van der Waals surface area contributed by atoms with Gasteiger partial charge in [-0.15, -0.1) is 0 Å². The number of ether oxygens (including phenoxy) is 2. The van der Waals surface area contributed by atoms with Crippen molar-refractivity contribution in [1.29, 1.82) is 0 Å². The molecule has 0 aliphatic heterocycles. The van der Waals surface area contributed by atoms with E-state index in [0.717, 1.165) is 5.56 Å². The van der Waals surface area contributed by atoms with Gasteiger partial charge in [0.1, 0.15) is 5.75 Å². The third-order valence-electron chi connectivity index (χ3n) is 4.81. The summed E-state index contributed by atoms with van der Waals surface area (Å²) in [6.07, 6.45) is -0.748. The molecule has 170 valence electrons. The molecule has 0 fully saturated rings. The van der Waals surface area contributed by atoms with Crippen LogP contribution in [0.1, 0.15) is 33.2 Å². The van der Waals surface area contributed by atoms with Gasteiger partial charge in [-0.1, -0.05) is 23.7 Å². The first-order chi connectivity index (χ1) is 15.8. The van der Waals surface area contributed by atoms with Crippen LogP contribution in [0.4, 0.5) is 11.4 Å². The van der Waals surface area contributed by atoms with Crippen LogP contribution in [-0.4, -0.2) is 31.0 Å². The molecule has 0 spiro atoms. The molecule has 0 aliphatic carbocycles. The number of hydrogen-bond acceptors (Lipinski definition) is 5. The van der Waals surface area contributed by atoms with Crippen molar-refractivity contribution in [3.8, 4) is 5.75 Å². The van der Waals surface area contributed by atoms with Crippen molar-refractivity contribution in [3.63, 3.8) is 0 Å². The smallest absolute Gasteiger partial charge is 0.339 e. The summed E-state index contributed by atoms with van der Waals surface area (Å²) in [6, 6.07) is 18.1. The standard InChI is InChI=1S/C25H23ClN2O5/c1-15-14-18(26)10-13-22(15)33-16(2)23(29)27-19-11-8-17(9-12-19)24(30)28-21-7-5-4-6-20(21)25(31)32-3/h4-14,16H,1-3H3,(H,27,29)(H,28,30)/t16-/m0/s1. The van der Waals surface area contributed by atoms with E-state index >= 15 is 0 Å². The molecule has 3 aromatic carbocycles. The van der Waals surface area contributed by atoms with Crippen LogP contribution in [0.15, 0.2) is 66.7 Å². The molecule has 0 aromatic heterocycles. The predicted molar refractivity (Wildman–Crippen MR) is 127 cm³/mol. The zero-order valence-electron chi connectivity index (χ0n) is 18.3. The lowest BCUT2D eigenvalue weighted by atomic mass is 10.1. The molecule has 3 rings (SSSR count). The summed E-state index contributed by atoms with van der Waals surface area (Å²) < 4.78 is 10.5. The van der Waals surface area contributed by atoms with Crippen molar-refractivity contribution < 1.29 is 23.9 Å². The van der Waals surface area contributed by atoms with Crippen LogP contribution in [0.25, 0.3) is 0 Å². The molecular formula is C25H23ClN2O5. The number of benzene rings is 3. The summed E-state index contributed by atoms with van der Waals surface area (Å²) in [5.74, 6) is -0.719. The number of methoxy groups -OCH3 is 1. The van der Waals surface area contributed by atoms with Crippen LogP contribution in [0.5, 0.6) is 5.75 Å². The van der Waals surface area contributed by atoms with Gasteiger partial charge in [-0.2, -0.15) is 0 Å². The fourth-order valence-electron chi connectivity index (χ4n) is 3.01. The number of anilines is 2. The average Bonchev–Trinajstić information content (AvgIpc) is 2.81. The Hall–Kier alpha value is -3.84. The van der Waals surface area contributed by atoms with E-state index < -0.39 is 18.0 Å².